The number of fused-ring (bicyclic) bond motifs is 2. The van der Waals surface area contributed by atoms with Gasteiger partial charge < -0.3 is 4.98 Å². The van der Waals surface area contributed by atoms with E-state index in [1.165, 1.54) is 74.9 Å². The molecule has 178 valence electrons. The minimum atomic E-state index is -10.7. The zero-order valence-corrected chi connectivity index (χ0v) is 19.0. The monoisotopic (exact) mass is 471 g/mol. The molecule has 0 amide bonds. The van der Waals surface area contributed by atoms with Gasteiger partial charge >= 0.3 is 33.0 Å². The van der Waals surface area contributed by atoms with Crippen LogP contribution in [0.1, 0.15) is 73.2 Å². The van der Waals surface area contributed by atoms with Gasteiger partial charge in [-0.15, -0.1) is 0 Å². The van der Waals surface area contributed by atoms with Gasteiger partial charge in [-0.25, -0.2) is 4.98 Å². The van der Waals surface area contributed by atoms with Crippen molar-refractivity contribution in [2.24, 2.45) is 0 Å². The molecule has 10 heteroatoms. The molecule has 2 aromatic rings. The summed E-state index contributed by atoms with van der Waals surface area (Å²) in [5.74, 6) is 0. The van der Waals surface area contributed by atoms with Gasteiger partial charge in [0.25, 0.3) is 0 Å². The second kappa shape index (κ2) is 9.47. The third-order valence-electron chi connectivity index (χ3n) is 5.64. The van der Waals surface area contributed by atoms with E-state index in [1.54, 1.807) is 17.5 Å². The number of H-pyrrole nitrogens is 1. The molecule has 1 N–H and O–H groups in total. The van der Waals surface area contributed by atoms with E-state index in [1.807, 2.05) is 6.20 Å². The summed E-state index contributed by atoms with van der Waals surface area (Å²) in [7, 11) is -10.7. The molecule has 0 aromatic carbocycles. The molecule has 3 nitrogen and oxygen atoms in total. The van der Waals surface area contributed by atoms with Crippen molar-refractivity contribution >= 4 is 7.81 Å². The minimum absolute atomic E-state index is 1.02. The van der Waals surface area contributed by atoms with Crippen molar-refractivity contribution in [3.8, 4) is 0 Å². The summed E-state index contributed by atoms with van der Waals surface area (Å²) in [6.07, 6.45) is 16.9. The molecule has 2 bridgehead atoms. The number of imidazole rings is 1. The number of rotatable bonds is 3. The van der Waals surface area contributed by atoms with E-state index >= 15 is 0 Å². The Labute approximate surface area is 179 Å². The Morgan fingerprint density at radius 2 is 1.29 bits per heavy atom. The summed E-state index contributed by atoms with van der Waals surface area (Å²) in [5.41, 5.74) is 7.30. The van der Waals surface area contributed by atoms with Gasteiger partial charge in [-0.3, -0.25) is 0 Å². The SMILES string of the molecule is Cc1c2cc(c(C)[n+]1CCc1cnc[nH]1)CCCCCCCCC2.F[P-](F)(F)(F)(F)F. The number of hydrogen-bond acceptors (Lipinski definition) is 1. The number of aromatic nitrogens is 3. The van der Waals surface area contributed by atoms with Gasteiger partial charge in [0.15, 0.2) is 17.9 Å². The zero-order chi connectivity index (χ0) is 23.2. The van der Waals surface area contributed by atoms with Crippen molar-refractivity contribution in [2.45, 2.75) is 84.6 Å². The summed E-state index contributed by atoms with van der Waals surface area (Å²) in [5, 5.41) is 0. The molecule has 1 aliphatic carbocycles. The number of hydrogen-bond donors (Lipinski definition) is 1. The van der Waals surface area contributed by atoms with Crippen molar-refractivity contribution in [1.29, 1.82) is 0 Å². The van der Waals surface area contributed by atoms with E-state index in [9.17, 15) is 25.2 Å². The molecule has 0 saturated carbocycles. The van der Waals surface area contributed by atoms with E-state index in [0.29, 0.717) is 0 Å². The molecular weight excluding hydrogens is 439 g/mol. The van der Waals surface area contributed by atoms with Crippen LogP contribution in [0.15, 0.2) is 18.6 Å². The van der Waals surface area contributed by atoms with Gasteiger partial charge in [-0.1, -0.05) is 32.1 Å². The first-order valence-corrected chi connectivity index (χ1v) is 12.8. The van der Waals surface area contributed by atoms with Crippen molar-refractivity contribution < 1.29 is 29.7 Å². The molecule has 31 heavy (non-hydrogen) atoms. The van der Waals surface area contributed by atoms with Crippen LogP contribution in [0.25, 0.3) is 0 Å². The predicted molar refractivity (Wildman–Crippen MR) is 112 cm³/mol. The van der Waals surface area contributed by atoms with E-state index in [0.717, 1.165) is 13.0 Å². The molecule has 0 saturated heterocycles. The van der Waals surface area contributed by atoms with Crippen LogP contribution in [0.5, 0.6) is 0 Å². The first kappa shape index (κ1) is 25.6. The van der Waals surface area contributed by atoms with Gasteiger partial charge in [0.1, 0.15) is 0 Å². The van der Waals surface area contributed by atoms with E-state index in [4.69, 9.17) is 0 Å². The Hall–Kier alpha value is -1.63. The van der Waals surface area contributed by atoms with Crippen LogP contribution in [0, 0.1) is 13.8 Å². The first-order chi connectivity index (χ1) is 14.2. The summed E-state index contributed by atoms with van der Waals surface area (Å²) in [6, 6.07) is 2.51. The Kier molecular flexibility index (Phi) is 7.83. The number of aryl methyl sites for hydroxylation is 3. The standard InChI is InChI=1S/C21H32N3.F6P/c1-17-19-10-8-6-4-3-5-7-9-11-20(14-19)18(2)24(17)13-12-21-15-22-16-23-21;1-7(2,3,4,5)6/h14-16H,3-13H2,1-2H3,(H,22,23);/q+1;-1. The fourth-order valence-electron chi connectivity index (χ4n) is 4.03. The quantitative estimate of drug-likeness (QED) is 0.277. The van der Waals surface area contributed by atoms with Gasteiger partial charge in [-0.05, 0) is 31.7 Å². The molecule has 0 atom stereocenters. The van der Waals surface area contributed by atoms with E-state index in [2.05, 4.69) is 34.4 Å². The van der Waals surface area contributed by atoms with Crippen molar-refractivity contribution in [3.63, 3.8) is 0 Å². The third kappa shape index (κ3) is 11.0. The molecule has 2 heterocycles. The van der Waals surface area contributed by atoms with Crippen LogP contribution in [0.4, 0.5) is 25.2 Å². The Morgan fingerprint density at radius 1 is 0.839 bits per heavy atom. The number of pyridine rings is 1. The van der Waals surface area contributed by atoms with Gasteiger partial charge in [0.05, 0.1) is 6.33 Å². The van der Waals surface area contributed by atoms with Crippen LogP contribution in [0.3, 0.4) is 0 Å². The molecular formula is C21H32F6N3P. The van der Waals surface area contributed by atoms with Crippen molar-refractivity contribution in [1.82, 2.24) is 9.97 Å². The summed E-state index contributed by atoms with van der Waals surface area (Å²) < 4.78 is 61.7. The number of nitrogens with zero attached hydrogens (tertiary/aromatic N) is 2. The fraction of sp³-hybridized carbons (Fsp3) is 0.619. The normalized spacial score (nSPS) is 17.9. The molecule has 0 radical (unpaired) electrons. The van der Waals surface area contributed by atoms with E-state index < -0.39 is 7.81 Å². The summed E-state index contributed by atoms with van der Waals surface area (Å²) in [6.45, 7) is 5.66. The van der Waals surface area contributed by atoms with Gasteiger partial charge in [0.2, 0.25) is 0 Å². The topological polar surface area (TPSA) is 32.6 Å². The van der Waals surface area contributed by atoms with E-state index in [-0.39, 0.29) is 0 Å². The van der Waals surface area contributed by atoms with Crippen LogP contribution >= 0.6 is 7.81 Å². The van der Waals surface area contributed by atoms with Crippen LogP contribution in [-0.2, 0) is 25.8 Å². The number of halogens is 6. The molecule has 0 aliphatic heterocycles. The van der Waals surface area contributed by atoms with Gasteiger partial charge in [-0.2, -0.15) is 4.57 Å². The zero-order valence-electron chi connectivity index (χ0n) is 18.1. The molecule has 1 aliphatic rings. The Morgan fingerprint density at radius 3 is 1.71 bits per heavy atom. The maximum atomic E-state index is 9.87. The second-order valence-corrected chi connectivity index (χ2v) is 10.2. The summed E-state index contributed by atoms with van der Waals surface area (Å²) >= 11 is 0. The van der Waals surface area contributed by atoms with Crippen LogP contribution < -0.4 is 4.57 Å². The average Bonchev–Trinajstić information content (AvgIpc) is 3.12. The maximum absolute atomic E-state index is 10.7. The first-order valence-electron chi connectivity index (χ1n) is 10.8. The Balaban J connectivity index is 0.000000423. The Bertz CT molecular complexity index is 803. The molecule has 2 aromatic heterocycles. The predicted octanol–water partition coefficient (Wildman–Crippen LogP) is 7.77. The molecule has 0 unspecified atom stereocenters. The van der Waals surface area contributed by atoms with Crippen molar-refractivity contribution in [2.75, 3.05) is 0 Å². The fourth-order valence-corrected chi connectivity index (χ4v) is 4.03. The van der Waals surface area contributed by atoms with Crippen molar-refractivity contribution in [3.05, 3.63) is 46.8 Å². The van der Waals surface area contributed by atoms with Gasteiger partial charge in [0, 0.05) is 43.3 Å². The average molecular weight is 471 g/mol. The third-order valence-corrected chi connectivity index (χ3v) is 5.64. The summed E-state index contributed by atoms with van der Waals surface area (Å²) in [4.78, 5) is 7.38. The second-order valence-electron chi connectivity index (χ2n) is 8.28. The van der Waals surface area contributed by atoms with Crippen LogP contribution in [-0.4, -0.2) is 9.97 Å². The number of nitrogens with one attached hydrogen (secondary N) is 1. The molecule has 0 spiro atoms. The van der Waals surface area contributed by atoms with Crippen LogP contribution in [0.2, 0.25) is 0 Å². The molecule has 0 fully saturated rings. The number of aromatic amines is 1. The molecule has 3 rings (SSSR count).